The molecule has 1 nitrogen and oxygen atoms in total. The van der Waals surface area contributed by atoms with Gasteiger partial charge in [-0.25, -0.2) is 0 Å². The van der Waals surface area contributed by atoms with Crippen molar-refractivity contribution in [2.45, 2.75) is 127 Å². The Kier molecular flexibility index (Phi) is 16.5. The molecule has 0 aromatic rings. The van der Waals surface area contributed by atoms with Crippen LogP contribution in [0.4, 0.5) is 0 Å². The third-order valence-electron chi connectivity index (χ3n) is 8.37. The molecular formula is C32H59OSi3Y+2. The van der Waals surface area contributed by atoms with Crippen molar-refractivity contribution in [2.24, 2.45) is 0 Å². The van der Waals surface area contributed by atoms with Gasteiger partial charge in [0.25, 0.3) is 0 Å². The van der Waals surface area contributed by atoms with E-state index >= 15 is 0 Å². The van der Waals surface area contributed by atoms with E-state index in [1.807, 2.05) is 7.11 Å². The first kappa shape index (κ1) is 38.7. The van der Waals surface area contributed by atoms with Crippen LogP contribution < -0.4 is 0 Å². The fraction of sp³-hybridized carbons (Fsp3) is 0.656. The van der Waals surface area contributed by atoms with Gasteiger partial charge in [-0.1, -0.05) is 120 Å². The third-order valence-corrected chi connectivity index (χ3v) is 20.4. The molecule has 2 fully saturated rings. The Labute approximate surface area is 264 Å². The molecule has 37 heavy (non-hydrogen) atoms. The topological polar surface area (TPSA) is 9.23 Å². The average molecular weight is 633 g/mol. The summed E-state index contributed by atoms with van der Waals surface area (Å²) in [5.41, 5.74) is 6.10. The van der Waals surface area contributed by atoms with E-state index in [0.717, 1.165) is 6.61 Å². The molecule has 5 heteroatoms. The van der Waals surface area contributed by atoms with Crippen LogP contribution in [0.25, 0.3) is 0 Å². The molecule has 0 bridgehead atoms. The number of ether oxygens (including phenoxy) is 1. The second-order valence-corrected chi connectivity index (χ2v) is 28.5. The molecule has 2 rings (SSSR count). The van der Waals surface area contributed by atoms with Crippen LogP contribution in [0.2, 0.25) is 51.9 Å². The van der Waals surface area contributed by atoms with Gasteiger partial charge < -0.3 is 10.4 Å². The van der Waals surface area contributed by atoms with Crippen LogP contribution in [-0.2, 0) is 37.4 Å². The van der Waals surface area contributed by atoms with Crippen molar-refractivity contribution in [3.05, 3.63) is 64.1 Å². The summed E-state index contributed by atoms with van der Waals surface area (Å²) in [6.07, 6.45) is 3.75. The SMILES string of the molecule is COCCCCC[Si](C)([C]1[C](C)[C](C)[C](C)[C]1C)[C]1[C](C)[C](C)[C](C)[C]1C.C[Si](C)(C)[CH-][Si](C)(C)C.[Y+3]. The van der Waals surface area contributed by atoms with Crippen LogP contribution in [0.3, 0.4) is 0 Å². The van der Waals surface area contributed by atoms with E-state index in [1.165, 1.54) is 49.0 Å². The molecule has 0 aliphatic heterocycles. The molecule has 10 radical (unpaired) electrons. The van der Waals surface area contributed by atoms with Gasteiger partial charge in [0.2, 0.25) is 0 Å². The molecule has 2 aliphatic rings. The van der Waals surface area contributed by atoms with E-state index < -0.39 is 24.2 Å². The Bertz CT molecular complexity index is 571. The number of hydrogen-bond donors (Lipinski definition) is 0. The first-order chi connectivity index (χ1) is 16.3. The van der Waals surface area contributed by atoms with Gasteiger partial charge in [0, 0.05) is 13.7 Å². The Hall–Kier alpha value is 1.71. The number of unbranched alkanes of at least 4 members (excludes halogenated alkanes) is 2. The van der Waals surface area contributed by atoms with Gasteiger partial charge in [-0.05, 0) is 64.8 Å². The van der Waals surface area contributed by atoms with Gasteiger partial charge in [0.05, 0.1) is 8.07 Å². The van der Waals surface area contributed by atoms with Gasteiger partial charge in [-0.15, -0.1) is 16.1 Å². The summed E-state index contributed by atoms with van der Waals surface area (Å²) in [6, 6.07) is 1.34. The molecule has 2 saturated carbocycles. The van der Waals surface area contributed by atoms with Crippen molar-refractivity contribution >= 4 is 24.2 Å². The zero-order valence-electron chi connectivity index (χ0n) is 27.6. The predicted molar refractivity (Wildman–Crippen MR) is 171 cm³/mol. The van der Waals surface area contributed by atoms with E-state index in [-0.39, 0.29) is 32.7 Å². The molecule has 0 aromatic heterocycles. The first-order valence-electron chi connectivity index (χ1n) is 14.1. The third kappa shape index (κ3) is 10.5. The molecule has 0 aromatic carbocycles. The van der Waals surface area contributed by atoms with E-state index in [0.29, 0.717) is 0 Å². The maximum Gasteiger partial charge on any atom is 3.00 e. The van der Waals surface area contributed by atoms with Crippen LogP contribution in [0.1, 0.15) is 74.7 Å². The first-order valence-corrected chi connectivity index (χ1v) is 24.0. The number of hydrogen-bond acceptors (Lipinski definition) is 1. The van der Waals surface area contributed by atoms with E-state index in [2.05, 4.69) is 107 Å². The second kappa shape index (κ2) is 15.8. The van der Waals surface area contributed by atoms with Crippen LogP contribution in [0, 0.1) is 64.1 Å². The summed E-state index contributed by atoms with van der Waals surface area (Å²) in [4.78, 5) is 0. The second-order valence-electron chi connectivity index (χ2n) is 13.8. The zero-order chi connectivity index (χ0) is 28.2. The largest absolute Gasteiger partial charge is 3.00 e. The van der Waals surface area contributed by atoms with E-state index in [9.17, 15) is 0 Å². The minimum atomic E-state index is -1.80. The number of methoxy groups -OCH3 is 1. The summed E-state index contributed by atoms with van der Waals surface area (Å²) >= 11 is 0. The normalized spacial score (nSPS) is 22.1. The van der Waals surface area contributed by atoms with Gasteiger partial charge in [-0.3, -0.25) is 0 Å². The molecule has 0 amide bonds. The molecule has 0 saturated heterocycles. The van der Waals surface area contributed by atoms with Crippen molar-refractivity contribution in [2.75, 3.05) is 13.7 Å². The Morgan fingerprint density at radius 3 is 1.08 bits per heavy atom. The Morgan fingerprint density at radius 1 is 0.514 bits per heavy atom. The van der Waals surface area contributed by atoms with Gasteiger partial charge in [-0.2, -0.15) is 0 Å². The smallest absolute Gasteiger partial charge is 0.385 e. The van der Waals surface area contributed by atoms with Crippen molar-refractivity contribution < 1.29 is 37.4 Å². The van der Waals surface area contributed by atoms with Crippen LogP contribution in [0.15, 0.2) is 0 Å². The van der Waals surface area contributed by atoms with Crippen molar-refractivity contribution in [1.29, 1.82) is 0 Å². The summed E-state index contributed by atoms with van der Waals surface area (Å²) in [7, 11) is -1.70. The zero-order valence-corrected chi connectivity index (χ0v) is 33.4. The molecular weight excluding hydrogens is 574 g/mol. The molecule has 2 aliphatic carbocycles. The molecule has 0 spiro atoms. The average Bonchev–Trinajstić information content (AvgIpc) is 3.05. The van der Waals surface area contributed by atoms with E-state index in [4.69, 9.17) is 4.74 Å². The van der Waals surface area contributed by atoms with Gasteiger partial charge >= 0.3 is 32.7 Å². The molecule has 0 heterocycles. The molecule has 0 unspecified atom stereocenters. The fourth-order valence-electron chi connectivity index (χ4n) is 6.67. The Morgan fingerprint density at radius 2 is 0.838 bits per heavy atom. The van der Waals surface area contributed by atoms with Crippen molar-refractivity contribution in [3.63, 3.8) is 0 Å². The summed E-state index contributed by atoms with van der Waals surface area (Å²) in [5.74, 6) is 12.3. The van der Waals surface area contributed by atoms with Crippen LogP contribution in [0.5, 0.6) is 0 Å². The quantitative estimate of drug-likeness (QED) is 0.132. The monoisotopic (exact) mass is 632 g/mol. The summed E-state index contributed by atoms with van der Waals surface area (Å²) < 4.78 is 5.27. The van der Waals surface area contributed by atoms with Gasteiger partial charge in [0.15, 0.2) is 0 Å². The Balaban J connectivity index is 0.00000111. The van der Waals surface area contributed by atoms with E-state index in [1.54, 1.807) is 34.8 Å². The fourth-order valence-corrected chi connectivity index (χ4v) is 22.8. The molecule has 0 N–H and O–H groups in total. The summed E-state index contributed by atoms with van der Waals surface area (Å²) in [6.45, 7) is 36.7. The minimum Gasteiger partial charge on any atom is -0.385 e. The maximum absolute atomic E-state index is 5.27. The summed E-state index contributed by atoms with van der Waals surface area (Å²) in [5, 5.41) is 0. The van der Waals surface area contributed by atoms with Crippen molar-refractivity contribution in [3.8, 4) is 0 Å². The number of rotatable bonds is 10. The standard InChI is InChI=1S/C25H40OSi.C7H19Si2.Y/c1-16-17(2)21(6)24(20(16)5)27(10,15-13-11-12-14-26-9)25-22(7)18(3)19(4)23(25)8;1-8(2,3)7-9(4,5)6;/h11-15H2,1-10H3;7H,1-6H3;/q;-1;+3. The molecule has 206 valence electrons. The van der Waals surface area contributed by atoms with Crippen molar-refractivity contribution in [1.82, 2.24) is 0 Å². The molecule has 0 atom stereocenters. The predicted octanol–water partition coefficient (Wildman–Crippen LogP) is 9.83. The van der Waals surface area contributed by atoms with Gasteiger partial charge in [0.1, 0.15) is 0 Å². The minimum absolute atomic E-state index is 0. The maximum atomic E-state index is 5.27. The van der Waals surface area contributed by atoms with Crippen LogP contribution in [-0.4, -0.2) is 37.9 Å². The van der Waals surface area contributed by atoms with Crippen LogP contribution >= 0.6 is 0 Å².